The van der Waals surface area contributed by atoms with Gasteiger partial charge in [-0.3, -0.25) is 9.78 Å². The number of methoxy groups -OCH3 is 1. The zero-order valence-corrected chi connectivity index (χ0v) is 23.4. The average Bonchev–Trinajstić information content (AvgIpc) is 3.59. The molecule has 5 rings (SSSR count). The highest BCUT2D eigenvalue weighted by Gasteiger charge is 2.44. The number of pyridine rings is 1. The lowest BCUT2D eigenvalue weighted by Gasteiger charge is -2.30. The summed E-state index contributed by atoms with van der Waals surface area (Å²) >= 11 is 6.83. The average molecular weight is 544 g/mol. The summed E-state index contributed by atoms with van der Waals surface area (Å²) in [5.41, 5.74) is 5.52. The lowest BCUT2D eigenvalue weighted by atomic mass is 9.87. The van der Waals surface area contributed by atoms with Gasteiger partial charge < -0.3 is 14.5 Å². The van der Waals surface area contributed by atoms with Crippen molar-refractivity contribution in [3.8, 4) is 11.1 Å². The van der Waals surface area contributed by atoms with Crippen LogP contribution in [0.15, 0.2) is 67.0 Å². The zero-order chi connectivity index (χ0) is 27.5. The summed E-state index contributed by atoms with van der Waals surface area (Å²) < 4.78 is 4.71. The molecule has 0 radical (unpaired) electrons. The molecule has 2 saturated carbocycles. The third-order valence-electron chi connectivity index (χ3n) is 8.09. The standard InChI is InChI=1S/C32H34ClN3O3/c1-35(2)27-11-9-23(10-12-27)24-7-8-26(30(33)17-24)20-36(32(38)29-16-21-4-6-25(29)14-21)28-15-22(18-34-19-28)5-13-31(37)39-3/h5,7-13,15,17-19,21,25,29H,4,6,14,16,20H2,1-3H3. The Morgan fingerprint density at radius 2 is 1.77 bits per heavy atom. The van der Waals surface area contributed by atoms with E-state index in [0.29, 0.717) is 34.7 Å². The number of rotatable bonds is 8. The lowest BCUT2D eigenvalue weighted by molar-refractivity contribution is -0.134. The molecule has 1 amide bonds. The smallest absolute Gasteiger partial charge is 0.330 e. The molecule has 3 aromatic rings. The van der Waals surface area contributed by atoms with Crippen LogP contribution in [0, 0.1) is 17.8 Å². The second-order valence-electron chi connectivity index (χ2n) is 10.8. The Morgan fingerprint density at radius 3 is 2.41 bits per heavy atom. The van der Waals surface area contributed by atoms with Gasteiger partial charge in [0.2, 0.25) is 5.91 Å². The number of ether oxygens (including phenoxy) is 1. The van der Waals surface area contributed by atoms with Crippen LogP contribution < -0.4 is 9.80 Å². The van der Waals surface area contributed by atoms with Gasteiger partial charge in [0.05, 0.1) is 25.5 Å². The molecule has 202 valence electrons. The predicted octanol–water partition coefficient (Wildman–Crippen LogP) is 6.62. The molecule has 39 heavy (non-hydrogen) atoms. The van der Waals surface area contributed by atoms with Crippen molar-refractivity contribution < 1.29 is 14.3 Å². The minimum Gasteiger partial charge on any atom is -0.466 e. The Balaban J connectivity index is 1.44. The Labute approximate surface area is 235 Å². The molecule has 3 atom stereocenters. The van der Waals surface area contributed by atoms with E-state index in [-0.39, 0.29) is 11.8 Å². The van der Waals surface area contributed by atoms with Crippen molar-refractivity contribution in [2.45, 2.75) is 32.2 Å². The molecule has 7 heteroatoms. The summed E-state index contributed by atoms with van der Waals surface area (Å²) in [4.78, 5) is 33.9. The Kier molecular flexibility index (Phi) is 8.03. The first kappa shape index (κ1) is 26.9. The molecule has 0 aliphatic heterocycles. The van der Waals surface area contributed by atoms with Gasteiger partial charge in [-0.05, 0) is 83.7 Å². The number of hydrogen-bond donors (Lipinski definition) is 0. The number of amides is 1. The number of esters is 1. The largest absolute Gasteiger partial charge is 0.466 e. The number of carbonyl (C=O) groups is 2. The monoisotopic (exact) mass is 543 g/mol. The highest BCUT2D eigenvalue weighted by Crippen LogP contribution is 2.49. The molecule has 0 spiro atoms. The summed E-state index contributed by atoms with van der Waals surface area (Å²) in [6, 6.07) is 16.3. The Bertz CT molecular complexity index is 1390. The number of halogens is 1. The van der Waals surface area contributed by atoms with Crippen molar-refractivity contribution in [2.75, 3.05) is 31.0 Å². The normalized spacial score (nSPS) is 19.8. The maximum absolute atomic E-state index is 14.0. The molecule has 0 saturated heterocycles. The van der Waals surface area contributed by atoms with Crippen LogP contribution in [-0.4, -0.2) is 38.1 Å². The minimum absolute atomic E-state index is 0.0197. The summed E-state index contributed by atoms with van der Waals surface area (Å²) in [6.45, 7) is 0.344. The molecule has 2 fully saturated rings. The van der Waals surface area contributed by atoms with Crippen LogP contribution in [0.3, 0.4) is 0 Å². The van der Waals surface area contributed by atoms with E-state index in [1.807, 2.05) is 37.2 Å². The maximum Gasteiger partial charge on any atom is 0.330 e. The minimum atomic E-state index is -0.446. The van der Waals surface area contributed by atoms with Crippen molar-refractivity contribution in [2.24, 2.45) is 17.8 Å². The fraction of sp³-hybridized carbons (Fsp3) is 0.344. The van der Waals surface area contributed by atoms with Crippen LogP contribution in [0.1, 0.15) is 36.8 Å². The van der Waals surface area contributed by atoms with Gasteiger partial charge in [0.1, 0.15) is 0 Å². The zero-order valence-electron chi connectivity index (χ0n) is 22.6. The number of carbonyl (C=O) groups excluding carboxylic acids is 2. The second kappa shape index (κ2) is 11.6. The number of benzene rings is 2. The fourth-order valence-electron chi connectivity index (χ4n) is 5.94. The molecule has 1 heterocycles. The third-order valence-corrected chi connectivity index (χ3v) is 8.44. The van der Waals surface area contributed by atoms with Crippen molar-refractivity contribution in [1.82, 2.24) is 4.98 Å². The summed E-state index contributed by atoms with van der Waals surface area (Å²) in [5.74, 6) is 0.797. The Hall–Kier alpha value is -3.64. The molecular weight excluding hydrogens is 510 g/mol. The predicted molar refractivity (Wildman–Crippen MR) is 157 cm³/mol. The molecule has 2 aromatic carbocycles. The molecule has 6 nitrogen and oxygen atoms in total. The number of hydrogen-bond acceptors (Lipinski definition) is 5. The van der Waals surface area contributed by atoms with Crippen LogP contribution in [0.5, 0.6) is 0 Å². The maximum atomic E-state index is 14.0. The van der Waals surface area contributed by atoms with Crippen LogP contribution in [-0.2, 0) is 20.9 Å². The van der Waals surface area contributed by atoms with E-state index in [1.54, 1.807) is 18.5 Å². The van der Waals surface area contributed by atoms with Gasteiger partial charge in [-0.1, -0.05) is 42.3 Å². The van der Waals surface area contributed by atoms with Gasteiger partial charge in [-0.2, -0.15) is 0 Å². The molecule has 2 aliphatic carbocycles. The fourth-order valence-corrected chi connectivity index (χ4v) is 6.18. The molecule has 3 unspecified atom stereocenters. The van der Waals surface area contributed by atoms with E-state index < -0.39 is 5.97 Å². The van der Waals surface area contributed by atoms with Crippen molar-refractivity contribution in [3.05, 3.63) is 83.2 Å². The molecule has 0 N–H and O–H groups in total. The summed E-state index contributed by atoms with van der Waals surface area (Å²) in [7, 11) is 5.38. The highest BCUT2D eigenvalue weighted by molar-refractivity contribution is 6.31. The first-order valence-electron chi connectivity index (χ1n) is 13.4. The van der Waals surface area contributed by atoms with Crippen molar-refractivity contribution in [3.63, 3.8) is 0 Å². The van der Waals surface area contributed by atoms with Gasteiger partial charge in [-0.25, -0.2) is 4.79 Å². The van der Waals surface area contributed by atoms with Crippen LogP contribution in [0.4, 0.5) is 11.4 Å². The van der Waals surface area contributed by atoms with E-state index in [0.717, 1.165) is 41.6 Å². The number of aromatic nitrogens is 1. The number of anilines is 2. The van der Waals surface area contributed by atoms with E-state index in [1.165, 1.54) is 19.6 Å². The van der Waals surface area contributed by atoms with E-state index in [4.69, 9.17) is 16.3 Å². The van der Waals surface area contributed by atoms with E-state index in [9.17, 15) is 9.59 Å². The molecule has 2 aliphatic rings. The molecular formula is C32H34ClN3O3. The molecule has 2 bridgehead atoms. The van der Waals surface area contributed by atoms with Gasteiger partial charge in [0, 0.05) is 43.0 Å². The van der Waals surface area contributed by atoms with Crippen molar-refractivity contribution in [1.29, 1.82) is 0 Å². The van der Waals surface area contributed by atoms with Crippen LogP contribution in [0.2, 0.25) is 5.02 Å². The first-order chi connectivity index (χ1) is 18.8. The van der Waals surface area contributed by atoms with Gasteiger partial charge in [0.15, 0.2) is 0 Å². The first-order valence-corrected chi connectivity index (χ1v) is 13.8. The van der Waals surface area contributed by atoms with Crippen LogP contribution in [0.25, 0.3) is 17.2 Å². The second-order valence-corrected chi connectivity index (χ2v) is 11.2. The topological polar surface area (TPSA) is 62.7 Å². The highest BCUT2D eigenvalue weighted by atomic mass is 35.5. The van der Waals surface area contributed by atoms with E-state index in [2.05, 4.69) is 40.2 Å². The SMILES string of the molecule is COC(=O)C=Cc1cncc(N(Cc2ccc(-c3ccc(N(C)C)cc3)cc2Cl)C(=O)C2CC3CCC2C3)c1. The summed E-state index contributed by atoms with van der Waals surface area (Å²) in [5, 5.41) is 0.615. The molecule has 1 aromatic heterocycles. The number of fused-ring (bicyclic) bond motifs is 2. The lowest BCUT2D eigenvalue weighted by Crippen LogP contribution is -2.38. The van der Waals surface area contributed by atoms with Crippen LogP contribution >= 0.6 is 11.6 Å². The summed E-state index contributed by atoms with van der Waals surface area (Å²) in [6.07, 6.45) is 10.8. The van der Waals surface area contributed by atoms with Gasteiger partial charge in [-0.15, -0.1) is 0 Å². The Morgan fingerprint density at radius 1 is 1.00 bits per heavy atom. The van der Waals surface area contributed by atoms with Crippen molar-refractivity contribution >= 4 is 40.9 Å². The third kappa shape index (κ3) is 6.01. The van der Waals surface area contributed by atoms with Gasteiger partial charge >= 0.3 is 5.97 Å². The van der Waals surface area contributed by atoms with Gasteiger partial charge in [0.25, 0.3) is 0 Å². The quantitative estimate of drug-likeness (QED) is 0.236. The number of nitrogens with zero attached hydrogens (tertiary/aromatic N) is 3. The van der Waals surface area contributed by atoms with E-state index >= 15 is 0 Å².